The van der Waals surface area contributed by atoms with Crippen LogP contribution in [0.2, 0.25) is 0 Å². The molecule has 0 aliphatic heterocycles. The van der Waals surface area contributed by atoms with Gasteiger partial charge in [0.05, 0.1) is 33.8 Å². The number of quaternary nitrogens is 1. The lowest BCUT2D eigenvalue weighted by Crippen LogP contribution is -2.47. The molecule has 0 bridgehead atoms. The molecule has 3 unspecified atom stereocenters. The number of hydrogen-bond acceptors (Lipinski definition) is 7. The zero-order valence-electron chi connectivity index (χ0n) is 46.7. The molecule has 0 saturated carbocycles. The second kappa shape index (κ2) is 50.5. The molecule has 70 heavy (non-hydrogen) atoms. The first kappa shape index (κ1) is 68.0. The number of ether oxygens (including phenoxy) is 1. The van der Waals surface area contributed by atoms with Crippen LogP contribution in [0.4, 0.5) is 0 Å². The zero-order valence-corrected chi connectivity index (χ0v) is 47.6. The summed E-state index contributed by atoms with van der Waals surface area (Å²) >= 11 is 0. The Morgan fingerprint density at radius 3 is 1.33 bits per heavy atom. The minimum atomic E-state index is -4.70. The van der Waals surface area contributed by atoms with Crippen molar-refractivity contribution >= 4 is 19.7 Å². The fourth-order valence-electron chi connectivity index (χ4n) is 8.39. The maximum Gasteiger partial charge on any atom is 0.306 e. The monoisotopic (exact) mass is 1000 g/mol. The number of likely N-dealkylation sites (N-methyl/N-ethyl adjacent to an activating group) is 1. The molecule has 0 aromatic carbocycles. The summed E-state index contributed by atoms with van der Waals surface area (Å²) in [6.07, 6.45) is 60.7. The van der Waals surface area contributed by atoms with Crippen LogP contribution in [0.15, 0.2) is 48.6 Å². The molecule has 0 rings (SSSR count). The van der Waals surface area contributed by atoms with Gasteiger partial charge in [-0.25, -0.2) is 0 Å². The van der Waals surface area contributed by atoms with Crippen molar-refractivity contribution in [2.24, 2.45) is 0 Å². The molecular weight excluding hydrogens is 892 g/mol. The molecule has 0 fully saturated rings. The van der Waals surface area contributed by atoms with Crippen molar-refractivity contribution in [3.8, 4) is 0 Å². The van der Waals surface area contributed by atoms with Crippen LogP contribution in [0.1, 0.15) is 271 Å². The first-order valence-corrected chi connectivity index (χ1v) is 30.9. The van der Waals surface area contributed by atoms with Gasteiger partial charge < -0.3 is 28.5 Å². The van der Waals surface area contributed by atoms with E-state index >= 15 is 0 Å². The number of phosphoric acid groups is 1. The SMILES string of the molecule is CCCCC/C=C/C=C/CCCCCCCCC(=O)NC(COP(=O)([O-])OCC[N+](C)(C)C)C(/C=C/CCCCCCCCCCCC)OC(=O)CCCCCCCCC/C=C/CCCCCCCC. The van der Waals surface area contributed by atoms with E-state index < -0.39 is 26.6 Å². The van der Waals surface area contributed by atoms with Crippen LogP contribution in [0, 0.1) is 0 Å². The molecule has 3 atom stereocenters. The lowest BCUT2D eigenvalue weighted by atomic mass is 10.0. The molecule has 0 aliphatic carbocycles. The molecule has 0 aliphatic rings. The van der Waals surface area contributed by atoms with Crippen LogP contribution in [-0.2, 0) is 27.9 Å². The average molecular weight is 1010 g/mol. The molecule has 0 saturated heterocycles. The second-order valence-electron chi connectivity index (χ2n) is 21.2. The Bertz CT molecular complexity index is 1340. The topological polar surface area (TPSA) is 114 Å². The molecule has 0 radical (unpaired) electrons. The summed E-state index contributed by atoms with van der Waals surface area (Å²) in [7, 11) is 1.18. The summed E-state index contributed by atoms with van der Waals surface area (Å²) < 4.78 is 30.2. The van der Waals surface area contributed by atoms with Crippen molar-refractivity contribution in [1.82, 2.24) is 5.32 Å². The Morgan fingerprint density at radius 1 is 0.500 bits per heavy atom. The predicted molar refractivity (Wildman–Crippen MR) is 298 cm³/mol. The van der Waals surface area contributed by atoms with Crippen LogP contribution in [0.25, 0.3) is 0 Å². The molecule has 1 N–H and O–H groups in total. The normalized spacial score (nSPS) is 14.1. The van der Waals surface area contributed by atoms with Gasteiger partial charge in [0.2, 0.25) is 5.91 Å². The lowest BCUT2D eigenvalue weighted by Gasteiger charge is -2.30. The highest BCUT2D eigenvalue weighted by molar-refractivity contribution is 7.45. The van der Waals surface area contributed by atoms with Crippen LogP contribution in [-0.4, -0.2) is 69.4 Å². The van der Waals surface area contributed by atoms with Gasteiger partial charge in [-0.15, -0.1) is 0 Å². The molecule has 10 heteroatoms. The highest BCUT2D eigenvalue weighted by atomic mass is 31.2. The van der Waals surface area contributed by atoms with E-state index in [4.69, 9.17) is 13.8 Å². The minimum absolute atomic E-state index is 0.0254. The number of unbranched alkanes of at least 4 members (excludes halogenated alkanes) is 32. The zero-order chi connectivity index (χ0) is 51.5. The third-order valence-corrected chi connectivity index (χ3v) is 14.0. The minimum Gasteiger partial charge on any atom is -0.756 e. The number of allylic oxidation sites excluding steroid dienone is 7. The van der Waals surface area contributed by atoms with Crippen molar-refractivity contribution < 1.29 is 37.3 Å². The number of nitrogens with zero attached hydrogens (tertiary/aromatic N) is 1. The Kier molecular flexibility index (Phi) is 49.0. The van der Waals surface area contributed by atoms with E-state index in [-0.39, 0.29) is 24.9 Å². The van der Waals surface area contributed by atoms with Gasteiger partial charge in [-0.3, -0.25) is 14.2 Å². The third-order valence-electron chi connectivity index (χ3n) is 13.0. The van der Waals surface area contributed by atoms with Crippen molar-refractivity contribution in [3.63, 3.8) is 0 Å². The fraction of sp³-hybridized carbons (Fsp3) is 0.833. The Balaban J connectivity index is 5.34. The largest absolute Gasteiger partial charge is 0.756 e. The van der Waals surface area contributed by atoms with Crippen LogP contribution in [0.3, 0.4) is 0 Å². The lowest BCUT2D eigenvalue weighted by molar-refractivity contribution is -0.870. The van der Waals surface area contributed by atoms with E-state index in [0.717, 1.165) is 103 Å². The number of amides is 1. The Hall–Kier alpha value is -2.03. The third kappa shape index (κ3) is 50.9. The van der Waals surface area contributed by atoms with Gasteiger partial charge in [-0.05, 0) is 83.1 Å². The van der Waals surface area contributed by atoms with Gasteiger partial charge >= 0.3 is 5.97 Å². The summed E-state index contributed by atoms with van der Waals surface area (Å²) in [6.45, 7) is 6.80. The van der Waals surface area contributed by atoms with Crippen LogP contribution in [0.5, 0.6) is 0 Å². The number of carbonyl (C=O) groups is 2. The second-order valence-corrected chi connectivity index (χ2v) is 22.6. The summed E-state index contributed by atoms with van der Waals surface area (Å²) in [6, 6.07) is -0.894. The van der Waals surface area contributed by atoms with Crippen molar-refractivity contribution in [2.75, 3.05) is 40.9 Å². The maximum absolute atomic E-state index is 13.5. The fourth-order valence-corrected chi connectivity index (χ4v) is 9.11. The molecule has 410 valence electrons. The van der Waals surface area contributed by atoms with E-state index in [1.807, 2.05) is 33.3 Å². The summed E-state index contributed by atoms with van der Waals surface area (Å²) in [4.78, 5) is 39.9. The van der Waals surface area contributed by atoms with Gasteiger partial charge in [0.25, 0.3) is 7.82 Å². The number of esters is 1. The predicted octanol–water partition coefficient (Wildman–Crippen LogP) is 17.1. The van der Waals surface area contributed by atoms with Gasteiger partial charge in [-0.1, -0.05) is 224 Å². The summed E-state index contributed by atoms with van der Waals surface area (Å²) in [5, 5.41) is 3.02. The quantitative estimate of drug-likeness (QED) is 0.0161. The molecule has 0 heterocycles. The maximum atomic E-state index is 13.5. The number of hydrogen-bond donors (Lipinski definition) is 1. The van der Waals surface area contributed by atoms with Gasteiger partial charge in [-0.2, -0.15) is 0 Å². The Morgan fingerprint density at radius 2 is 0.871 bits per heavy atom. The van der Waals surface area contributed by atoms with Gasteiger partial charge in [0, 0.05) is 12.8 Å². The molecular formula is C60H113N2O7P. The molecule has 1 amide bonds. The number of rotatable bonds is 53. The molecule has 0 aromatic heterocycles. The number of phosphoric ester groups is 1. The Labute approximate surface area is 433 Å². The highest BCUT2D eigenvalue weighted by Crippen LogP contribution is 2.38. The molecule has 0 aromatic rings. The van der Waals surface area contributed by atoms with E-state index in [9.17, 15) is 19.0 Å². The van der Waals surface area contributed by atoms with Gasteiger partial charge in [0.15, 0.2) is 0 Å². The van der Waals surface area contributed by atoms with Gasteiger partial charge in [0.1, 0.15) is 19.3 Å². The first-order valence-electron chi connectivity index (χ1n) is 29.5. The molecule has 9 nitrogen and oxygen atoms in total. The molecule has 0 spiro atoms. The van der Waals surface area contributed by atoms with Crippen LogP contribution >= 0.6 is 7.82 Å². The first-order chi connectivity index (χ1) is 33.9. The highest BCUT2D eigenvalue weighted by Gasteiger charge is 2.27. The van der Waals surface area contributed by atoms with E-state index in [0.29, 0.717) is 17.4 Å². The summed E-state index contributed by atoms with van der Waals surface area (Å²) in [5.74, 6) is -0.555. The summed E-state index contributed by atoms with van der Waals surface area (Å²) in [5.41, 5.74) is 0. The van der Waals surface area contributed by atoms with Crippen molar-refractivity contribution in [1.29, 1.82) is 0 Å². The standard InChI is InChI=1S/C60H113N2O7P/c1-7-10-13-16-19-22-25-28-30-31-33-35-38-41-44-47-50-53-60(64)69-58(51-48-45-42-39-36-27-24-21-18-15-12-9-3)57(56-68-70(65,66)67-55-54-62(4,5)6)61-59(63)52-49-46-43-40-37-34-32-29-26-23-20-17-14-11-8-2/h20,23,26,28-30,48,51,57-58H,7-19,21-22,24-25,27,31-47,49-50,52-56H2,1-6H3,(H-,61,63,65,66)/b23-20+,29-26+,30-28+,51-48+. The van der Waals surface area contributed by atoms with E-state index in [2.05, 4.69) is 62.5 Å². The van der Waals surface area contributed by atoms with Crippen molar-refractivity contribution in [2.45, 2.75) is 283 Å². The van der Waals surface area contributed by atoms with E-state index in [1.165, 1.54) is 135 Å². The van der Waals surface area contributed by atoms with E-state index in [1.54, 1.807) is 0 Å². The average Bonchev–Trinajstić information content (AvgIpc) is 3.32. The number of nitrogens with one attached hydrogen (secondary N) is 1. The number of carbonyl (C=O) groups excluding carboxylic acids is 2. The van der Waals surface area contributed by atoms with Crippen molar-refractivity contribution in [3.05, 3.63) is 48.6 Å². The van der Waals surface area contributed by atoms with Crippen LogP contribution < -0.4 is 10.2 Å². The smallest absolute Gasteiger partial charge is 0.306 e.